The Hall–Kier alpha value is -3.13. The SMILES string of the molecule is COc1ccc(C)cc1NC(=O)c1cn(CC(O)c2ccco2)nn1. The van der Waals surface area contributed by atoms with E-state index in [0.29, 0.717) is 17.2 Å². The second kappa shape index (κ2) is 7.18. The quantitative estimate of drug-likeness (QED) is 0.712. The molecule has 0 fully saturated rings. The number of hydrogen-bond donors (Lipinski definition) is 2. The largest absolute Gasteiger partial charge is 0.495 e. The van der Waals surface area contributed by atoms with Crippen molar-refractivity contribution in [3.05, 3.63) is 59.8 Å². The van der Waals surface area contributed by atoms with Crippen LogP contribution >= 0.6 is 0 Å². The van der Waals surface area contributed by atoms with Crippen molar-refractivity contribution in [2.45, 2.75) is 19.6 Å². The van der Waals surface area contributed by atoms with Crippen molar-refractivity contribution in [3.8, 4) is 5.75 Å². The van der Waals surface area contributed by atoms with E-state index in [0.717, 1.165) is 5.56 Å². The minimum atomic E-state index is -0.871. The summed E-state index contributed by atoms with van der Waals surface area (Å²) < 4.78 is 11.8. The maximum Gasteiger partial charge on any atom is 0.277 e. The van der Waals surface area contributed by atoms with Crippen molar-refractivity contribution in [1.82, 2.24) is 15.0 Å². The molecule has 0 saturated carbocycles. The van der Waals surface area contributed by atoms with Crippen LogP contribution in [0, 0.1) is 6.92 Å². The van der Waals surface area contributed by atoms with Crippen LogP contribution < -0.4 is 10.1 Å². The maximum atomic E-state index is 12.4. The first kappa shape index (κ1) is 16.7. The van der Waals surface area contributed by atoms with E-state index in [1.54, 1.807) is 18.2 Å². The first-order valence-electron chi connectivity index (χ1n) is 7.64. The Morgan fingerprint density at radius 2 is 2.28 bits per heavy atom. The van der Waals surface area contributed by atoms with Crippen LogP contribution in [0.15, 0.2) is 47.2 Å². The number of aliphatic hydroxyl groups is 1. The highest BCUT2D eigenvalue weighted by Gasteiger charge is 2.16. The zero-order valence-corrected chi connectivity index (χ0v) is 13.8. The van der Waals surface area contributed by atoms with E-state index in [-0.39, 0.29) is 12.2 Å². The molecule has 1 unspecified atom stereocenters. The summed E-state index contributed by atoms with van der Waals surface area (Å²) in [6.07, 6.45) is 2.07. The number of amides is 1. The number of aryl methyl sites for hydroxylation is 1. The third kappa shape index (κ3) is 3.86. The Kier molecular flexibility index (Phi) is 4.80. The first-order valence-corrected chi connectivity index (χ1v) is 7.64. The molecule has 0 spiro atoms. The third-order valence-electron chi connectivity index (χ3n) is 3.61. The van der Waals surface area contributed by atoms with Gasteiger partial charge in [0.25, 0.3) is 5.91 Å². The average molecular weight is 342 g/mol. The van der Waals surface area contributed by atoms with Crippen molar-refractivity contribution in [1.29, 1.82) is 0 Å². The minimum absolute atomic E-state index is 0.127. The number of ether oxygens (including phenoxy) is 1. The van der Waals surface area contributed by atoms with E-state index < -0.39 is 12.0 Å². The van der Waals surface area contributed by atoms with Crippen LogP contribution in [-0.2, 0) is 6.54 Å². The van der Waals surface area contributed by atoms with Crippen LogP contribution in [0.5, 0.6) is 5.75 Å². The molecule has 3 aromatic rings. The van der Waals surface area contributed by atoms with E-state index in [1.165, 1.54) is 24.3 Å². The number of aliphatic hydroxyl groups excluding tert-OH is 1. The van der Waals surface area contributed by atoms with Gasteiger partial charge in [-0.3, -0.25) is 4.79 Å². The number of methoxy groups -OCH3 is 1. The molecule has 2 N–H and O–H groups in total. The molecular weight excluding hydrogens is 324 g/mol. The number of anilines is 1. The molecule has 3 rings (SSSR count). The predicted molar refractivity (Wildman–Crippen MR) is 89.4 cm³/mol. The standard InChI is InChI=1S/C17H18N4O4/c1-11-5-6-15(24-2)12(8-11)18-17(23)13-9-21(20-19-13)10-14(22)16-4-3-7-25-16/h3-9,14,22H,10H2,1-2H3,(H,18,23). The monoisotopic (exact) mass is 342 g/mol. The van der Waals surface area contributed by atoms with Gasteiger partial charge < -0.3 is 19.6 Å². The molecule has 0 aliphatic carbocycles. The Morgan fingerprint density at radius 3 is 3.00 bits per heavy atom. The number of nitrogens with zero attached hydrogens (tertiary/aromatic N) is 3. The Balaban J connectivity index is 1.70. The molecule has 25 heavy (non-hydrogen) atoms. The summed E-state index contributed by atoms with van der Waals surface area (Å²) in [6, 6.07) is 8.83. The molecule has 8 nitrogen and oxygen atoms in total. The molecule has 130 valence electrons. The van der Waals surface area contributed by atoms with Gasteiger partial charge in [-0.05, 0) is 36.8 Å². The number of hydrogen-bond acceptors (Lipinski definition) is 6. The summed E-state index contributed by atoms with van der Waals surface area (Å²) in [7, 11) is 1.53. The molecule has 0 bridgehead atoms. The third-order valence-corrected chi connectivity index (χ3v) is 3.61. The van der Waals surface area contributed by atoms with Crippen LogP contribution in [-0.4, -0.2) is 33.1 Å². The molecule has 0 aliphatic rings. The van der Waals surface area contributed by atoms with Gasteiger partial charge in [0.2, 0.25) is 0 Å². The first-order chi connectivity index (χ1) is 12.1. The summed E-state index contributed by atoms with van der Waals surface area (Å²) >= 11 is 0. The molecule has 1 aromatic carbocycles. The summed E-state index contributed by atoms with van der Waals surface area (Å²) in [5.74, 6) is 0.563. The topological polar surface area (TPSA) is 102 Å². The van der Waals surface area contributed by atoms with E-state index in [4.69, 9.17) is 9.15 Å². The second-order valence-electron chi connectivity index (χ2n) is 5.51. The highest BCUT2D eigenvalue weighted by atomic mass is 16.5. The molecule has 0 radical (unpaired) electrons. The number of aromatic nitrogens is 3. The lowest BCUT2D eigenvalue weighted by molar-refractivity contribution is 0.102. The van der Waals surface area contributed by atoms with E-state index >= 15 is 0 Å². The normalized spacial score (nSPS) is 12.0. The fraction of sp³-hybridized carbons (Fsp3) is 0.235. The van der Waals surface area contributed by atoms with Crippen LogP contribution in [0.1, 0.15) is 27.9 Å². The van der Waals surface area contributed by atoms with Gasteiger partial charge in [-0.1, -0.05) is 11.3 Å². The lowest BCUT2D eigenvalue weighted by atomic mass is 10.2. The van der Waals surface area contributed by atoms with Gasteiger partial charge >= 0.3 is 0 Å². The Bertz CT molecular complexity index is 857. The smallest absolute Gasteiger partial charge is 0.277 e. The number of rotatable bonds is 6. The highest BCUT2D eigenvalue weighted by Crippen LogP contribution is 2.25. The van der Waals surface area contributed by atoms with Crippen molar-refractivity contribution in [2.24, 2.45) is 0 Å². The number of carbonyl (C=O) groups is 1. The highest BCUT2D eigenvalue weighted by molar-refractivity contribution is 6.03. The maximum absolute atomic E-state index is 12.4. The molecule has 1 atom stereocenters. The lowest BCUT2D eigenvalue weighted by Gasteiger charge is -2.09. The summed E-state index contributed by atoms with van der Waals surface area (Å²) in [6.45, 7) is 2.04. The minimum Gasteiger partial charge on any atom is -0.495 e. The average Bonchev–Trinajstić information content (AvgIpc) is 3.27. The van der Waals surface area contributed by atoms with Gasteiger partial charge in [0.15, 0.2) is 5.69 Å². The number of furan rings is 1. The fourth-order valence-corrected chi connectivity index (χ4v) is 2.35. The zero-order valence-electron chi connectivity index (χ0n) is 13.8. The van der Waals surface area contributed by atoms with Gasteiger partial charge in [0, 0.05) is 0 Å². The second-order valence-corrected chi connectivity index (χ2v) is 5.51. The molecule has 0 aliphatic heterocycles. The Morgan fingerprint density at radius 1 is 1.44 bits per heavy atom. The van der Waals surface area contributed by atoms with Crippen LogP contribution in [0.2, 0.25) is 0 Å². The van der Waals surface area contributed by atoms with Gasteiger partial charge in [-0.2, -0.15) is 0 Å². The summed E-state index contributed by atoms with van der Waals surface area (Å²) in [5, 5.41) is 20.5. The van der Waals surface area contributed by atoms with Crippen LogP contribution in [0.3, 0.4) is 0 Å². The predicted octanol–water partition coefficient (Wildman–Crippen LogP) is 2.17. The summed E-state index contributed by atoms with van der Waals surface area (Å²) in [4.78, 5) is 12.4. The number of carbonyl (C=O) groups excluding carboxylic acids is 1. The van der Waals surface area contributed by atoms with Crippen molar-refractivity contribution >= 4 is 11.6 Å². The Labute approximate surface area is 144 Å². The van der Waals surface area contributed by atoms with Crippen LogP contribution in [0.25, 0.3) is 0 Å². The number of benzene rings is 1. The zero-order chi connectivity index (χ0) is 17.8. The molecule has 1 amide bonds. The molecule has 2 aromatic heterocycles. The van der Waals surface area contributed by atoms with Crippen molar-refractivity contribution in [2.75, 3.05) is 12.4 Å². The van der Waals surface area contributed by atoms with Gasteiger partial charge in [-0.25, -0.2) is 4.68 Å². The van der Waals surface area contributed by atoms with E-state index in [1.807, 2.05) is 19.1 Å². The van der Waals surface area contributed by atoms with Crippen molar-refractivity contribution < 1.29 is 19.1 Å². The fourth-order valence-electron chi connectivity index (χ4n) is 2.35. The molecular formula is C17H18N4O4. The van der Waals surface area contributed by atoms with Crippen LogP contribution in [0.4, 0.5) is 5.69 Å². The molecule has 0 saturated heterocycles. The summed E-state index contributed by atoms with van der Waals surface area (Å²) in [5.41, 5.74) is 1.68. The number of nitrogens with one attached hydrogen (secondary N) is 1. The van der Waals surface area contributed by atoms with E-state index in [9.17, 15) is 9.90 Å². The lowest BCUT2D eigenvalue weighted by Crippen LogP contribution is -2.13. The molecule has 2 heterocycles. The van der Waals surface area contributed by atoms with Gasteiger partial charge in [-0.15, -0.1) is 5.10 Å². The van der Waals surface area contributed by atoms with E-state index in [2.05, 4.69) is 15.6 Å². The van der Waals surface area contributed by atoms with Crippen molar-refractivity contribution in [3.63, 3.8) is 0 Å². The molecule has 8 heteroatoms. The van der Waals surface area contributed by atoms with Gasteiger partial charge in [0.1, 0.15) is 17.6 Å². The van der Waals surface area contributed by atoms with Gasteiger partial charge in [0.05, 0.1) is 31.8 Å².